The lowest BCUT2D eigenvalue weighted by Gasteiger charge is -2.38. The molecule has 1 aliphatic carbocycles. The van der Waals surface area contributed by atoms with Crippen molar-refractivity contribution >= 4 is 29.0 Å². The maximum Gasteiger partial charge on any atom is 0.276 e. The van der Waals surface area contributed by atoms with Gasteiger partial charge in [-0.1, -0.05) is 11.6 Å². The van der Waals surface area contributed by atoms with Crippen LogP contribution in [0.4, 0.5) is 11.5 Å². The molecule has 2 aromatic rings. The molecule has 1 aliphatic heterocycles. The van der Waals surface area contributed by atoms with E-state index in [0.29, 0.717) is 24.7 Å². The molecule has 0 aromatic carbocycles. The van der Waals surface area contributed by atoms with Gasteiger partial charge in [-0.15, -0.1) is 0 Å². The Morgan fingerprint density at radius 2 is 2.12 bits per heavy atom. The fourth-order valence-corrected chi connectivity index (χ4v) is 4.13. The van der Waals surface area contributed by atoms with Crippen LogP contribution in [0.25, 0.3) is 0 Å². The van der Waals surface area contributed by atoms with E-state index in [-0.39, 0.29) is 27.9 Å². The standard InChI is InChI=1S/C17H19ClN6O2/c1-19-10-2-5-17(6-3-10)23-15(25)14-11(18)8-12(16(26)24(14)17)22-13-4-7-20-9-21-13/h4,7-10,19H,2-3,5-6H2,1H3,(H,23,25)(H,20,21,22). The van der Waals surface area contributed by atoms with E-state index in [1.165, 1.54) is 17.0 Å². The Morgan fingerprint density at radius 1 is 1.35 bits per heavy atom. The summed E-state index contributed by atoms with van der Waals surface area (Å²) in [6.45, 7) is 0. The predicted octanol–water partition coefficient (Wildman–Crippen LogP) is 1.59. The van der Waals surface area contributed by atoms with Gasteiger partial charge in [-0.2, -0.15) is 0 Å². The van der Waals surface area contributed by atoms with Crippen molar-refractivity contribution in [2.45, 2.75) is 37.4 Å². The molecular formula is C17H19ClN6O2. The number of carbonyl (C=O) groups excluding carboxylic acids is 1. The van der Waals surface area contributed by atoms with Crippen LogP contribution in [-0.2, 0) is 5.66 Å². The number of hydrogen-bond donors (Lipinski definition) is 3. The van der Waals surface area contributed by atoms with Crippen LogP contribution in [0.3, 0.4) is 0 Å². The number of anilines is 2. The zero-order valence-corrected chi connectivity index (χ0v) is 15.0. The molecule has 1 amide bonds. The number of nitrogens with zero attached hydrogens (tertiary/aromatic N) is 3. The lowest BCUT2D eigenvalue weighted by Crippen LogP contribution is -2.51. The predicted molar refractivity (Wildman–Crippen MR) is 97.8 cm³/mol. The molecule has 0 bridgehead atoms. The number of rotatable bonds is 3. The fourth-order valence-electron chi connectivity index (χ4n) is 3.86. The SMILES string of the molecule is CNC1CCC2(CC1)NC(=O)c1c(Cl)cc(Nc3ccncn3)c(=O)n12. The normalized spacial score (nSPS) is 24.4. The second-order valence-corrected chi connectivity index (χ2v) is 7.07. The van der Waals surface area contributed by atoms with E-state index in [2.05, 4.69) is 25.9 Å². The maximum absolute atomic E-state index is 13.2. The Bertz CT molecular complexity index is 905. The quantitative estimate of drug-likeness (QED) is 0.754. The highest BCUT2D eigenvalue weighted by Crippen LogP contribution is 2.38. The van der Waals surface area contributed by atoms with Gasteiger partial charge in [0.1, 0.15) is 29.2 Å². The molecule has 2 aliphatic rings. The van der Waals surface area contributed by atoms with Crippen LogP contribution in [0, 0.1) is 0 Å². The summed E-state index contributed by atoms with van der Waals surface area (Å²) >= 11 is 6.36. The van der Waals surface area contributed by atoms with Crippen LogP contribution >= 0.6 is 11.6 Å². The van der Waals surface area contributed by atoms with Gasteiger partial charge in [-0.3, -0.25) is 14.2 Å². The summed E-state index contributed by atoms with van der Waals surface area (Å²) in [5, 5.41) is 9.49. The minimum absolute atomic E-state index is 0.229. The topological polar surface area (TPSA) is 101 Å². The molecule has 2 aromatic heterocycles. The van der Waals surface area contributed by atoms with Gasteiger partial charge in [0.15, 0.2) is 0 Å². The van der Waals surface area contributed by atoms with Crippen LogP contribution in [-0.4, -0.2) is 33.5 Å². The molecular weight excluding hydrogens is 356 g/mol. The van der Waals surface area contributed by atoms with E-state index in [4.69, 9.17) is 11.6 Å². The van der Waals surface area contributed by atoms with Gasteiger partial charge >= 0.3 is 0 Å². The molecule has 0 radical (unpaired) electrons. The van der Waals surface area contributed by atoms with Crippen molar-refractivity contribution in [3.63, 3.8) is 0 Å². The number of carbonyl (C=O) groups is 1. The molecule has 1 saturated carbocycles. The molecule has 9 heteroatoms. The summed E-state index contributed by atoms with van der Waals surface area (Å²) in [5.41, 5.74) is -0.495. The lowest BCUT2D eigenvalue weighted by molar-refractivity contribution is 0.0859. The van der Waals surface area contributed by atoms with Gasteiger partial charge in [0.25, 0.3) is 11.5 Å². The van der Waals surface area contributed by atoms with Gasteiger partial charge in [-0.25, -0.2) is 9.97 Å². The number of amides is 1. The maximum atomic E-state index is 13.2. The minimum Gasteiger partial charge on any atom is -0.336 e. The Balaban J connectivity index is 1.79. The number of fused-ring (bicyclic) bond motifs is 2. The molecule has 3 N–H and O–H groups in total. The van der Waals surface area contributed by atoms with Crippen LogP contribution in [0.15, 0.2) is 29.5 Å². The highest BCUT2D eigenvalue weighted by Gasteiger charge is 2.47. The second-order valence-electron chi connectivity index (χ2n) is 6.66. The van der Waals surface area contributed by atoms with Gasteiger partial charge in [0.05, 0.1) is 5.02 Å². The Kier molecular flexibility index (Phi) is 4.16. The smallest absolute Gasteiger partial charge is 0.276 e. The summed E-state index contributed by atoms with van der Waals surface area (Å²) in [5.74, 6) is 0.183. The van der Waals surface area contributed by atoms with Crippen molar-refractivity contribution in [2.75, 3.05) is 12.4 Å². The van der Waals surface area contributed by atoms with Crippen LogP contribution in [0.2, 0.25) is 5.02 Å². The monoisotopic (exact) mass is 374 g/mol. The molecule has 8 nitrogen and oxygen atoms in total. The van der Waals surface area contributed by atoms with Crippen molar-refractivity contribution < 1.29 is 4.79 Å². The van der Waals surface area contributed by atoms with Crippen molar-refractivity contribution in [1.29, 1.82) is 0 Å². The Morgan fingerprint density at radius 3 is 2.77 bits per heavy atom. The van der Waals surface area contributed by atoms with Crippen molar-refractivity contribution in [2.24, 2.45) is 0 Å². The second kappa shape index (κ2) is 6.37. The number of nitrogens with one attached hydrogen (secondary N) is 3. The minimum atomic E-state index is -0.718. The average molecular weight is 375 g/mol. The van der Waals surface area contributed by atoms with Crippen molar-refractivity contribution in [3.05, 3.63) is 45.7 Å². The summed E-state index contributed by atoms with van der Waals surface area (Å²) < 4.78 is 1.53. The van der Waals surface area contributed by atoms with Gasteiger partial charge in [0.2, 0.25) is 0 Å². The first-order valence-electron chi connectivity index (χ1n) is 8.53. The van der Waals surface area contributed by atoms with Gasteiger partial charge in [0, 0.05) is 12.2 Å². The van der Waals surface area contributed by atoms with E-state index in [0.717, 1.165) is 12.8 Å². The van der Waals surface area contributed by atoms with Crippen molar-refractivity contribution in [1.82, 2.24) is 25.2 Å². The van der Waals surface area contributed by atoms with Crippen LogP contribution in [0.5, 0.6) is 0 Å². The third-order valence-electron chi connectivity index (χ3n) is 5.21. The third-order valence-corrected chi connectivity index (χ3v) is 5.50. The molecule has 0 atom stereocenters. The molecule has 0 saturated heterocycles. The summed E-state index contributed by atoms with van der Waals surface area (Å²) in [6.07, 6.45) is 6.04. The molecule has 1 fully saturated rings. The highest BCUT2D eigenvalue weighted by molar-refractivity contribution is 6.34. The zero-order valence-electron chi connectivity index (χ0n) is 14.3. The lowest BCUT2D eigenvalue weighted by atomic mass is 9.86. The molecule has 0 unspecified atom stereocenters. The molecule has 3 heterocycles. The largest absolute Gasteiger partial charge is 0.336 e. The third kappa shape index (κ3) is 2.65. The summed E-state index contributed by atoms with van der Waals surface area (Å²) in [4.78, 5) is 33.6. The first-order valence-corrected chi connectivity index (χ1v) is 8.91. The van der Waals surface area contributed by atoms with Gasteiger partial charge < -0.3 is 16.0 Å². The Hall–Kier alpha value is -2.45. The van der Waals surface area contributed by atoms with E-state index < -0.39 is 5.66 Å². The van der Waals surface area contributed by atoms with E-state index in [1.54, 1.807) is 12.3 Å². The van der Waals surface area contributed by atoms with Crippen LogP contribution in [0.1, 0.15) is 36.2 Å². The average Bonchev–Trinajstić information content (AvgIpc) is 2.93. The van der Waals surface area contributed by atoms with Crippen molar-refractivity contribution in [3.8, 4) is 0 Å². The fraction of sp³-hybridized carbons (Fsp3) is 0.412. The van der Waals surface area contributed by atoms with E-state index >= 15 is 0 Å². The van der Waals surface area contributed by atoms with E-state index in [1.807, 2.05) is 7.05 Å². The molecule has 4 rings (SSSR count). The molecule has 26 heavy (non-hydrogen) atoms. The highest BCUT2D eigenvalue weighted by atomic mass is 35.5. The number of halogens is 1. The number of hydrogen-bond acceptors (Lipinski definition) is 6. The Labute approximate surface area is 155 Å². The molecule has 136 valence electrons. The number of pyridine rings is 1. The van der Waals surface area contributed by atoms with Gasteiger partial charge in [-0.05, 0) is 44.9 Å². The van der Waals surface area contributed by atoms with Crippen LogP contribution < -0.4 is 21.5 Å². The number of aromatic nitrogens is 3. The first-order chi connectivity index (χ1) is 12.5. The first kappa shape index (κ1) is 17.0. The summed E-state index contributed by atoms with van der Waals surface area (Å²) in [6, 6.07) is 3.52. The summed E-state index contributed by atoms with van der Waals surface area (Å²) in [7, 11) is 1.93. The van der Waals surface area contributed by atoms with E-state index in [9.17, 15) is 9.59 Å². The molecule has 1 spiro atoms. The zero-order chi connectivity index (χ0) is 18.3.